The van der Waals surface area contributed by atoms with E-state index in [1.807, 2.05) is 0 Å². The Hall–Kier alpha value is -2.13. The second-order valence-corrected chi connectivity index (χ2v) is 10.3. The molecule has 3 heterocycles. The Morgan fingerprint density at radius 2 is 1.85 bits per heavy atom. The molecule has 1 aromatic heterocycles. The van der Waals surface area contributed by atoms with E-state index in [0.29, 0.717) is 6.04 Å². The van der Waals surface area contributed by atoms with Gasteiger partial charge in [-0.15, -0.1) is 0 Å². The fourth-order valence-electron chi connectivity index (χ4n) is 4.97. The van der Waals surface area contributed by atoms with Crippen molar-refractivity contribution in [2.75, 3.05) is 43.5 Å². The molecule has 5 rings (SSSR count). The van der Waals surface area contributed by atoms with Crippen LogP contribution in [0.3, 0.4) is 0 Å². The lowest BCUT2D eigenvalue weighted by atomic mass is 10.0. The van der Waals surface area contributed by atoms with Gasteiger partial charge in [-0.05, 0) is 78.9 Å². The van der Waals surface area contributed by atoms with Gasteiger partial charge in [0.05, 0.1) is 16.2 Å². The zero-order valence-corrected chi connectivity index (χ0v) is 21.4. The molecule has 2 aliphatic rings. The molecule has 3 aromatic rings. The summed E-state index contributed by atoms with van der Waals surface area (Å²) in [6.45, 7) is 5.22. The Morgan fingerprint density at radius 1 is 1.03 bits per heavy atom. The van der Waals surface area contributed by atoms with E-state index < -0.39 is 0 Å². The van der Waals surface area contributed by atoms with Crippen molar-refractivity contribution in [1.29, 1.82) is 0 Å². The van der Waals surface area contributed by atoms with Crippen LogP contribution < -0.4 is 15.0 Å². The van der Waals surface area contributed by atoms with Crippen molar-refractivity contribution >= 4 is 45.3 Å². The van der Waals surface area contributed by atoms with Gasteiger partial charge >= 0.3 is 0 Å². The fourth-order valence-corrected chi connectivity index (χ4v) is 5.64. The van der Waals surface area contributed by atoms with E-state index in [-0.39, 0.29) is 0 Å². The van der Waals surface area contributed by atoms with Crippen molar-refractivity contribution in [3.63, 3.8) is 0 Å². The minimum Gasteiger partial charge on any atom is -0.496 e. The van der Waals surface area contributed by atoms with Crippen LogP contribution in [0.5, 0.6) is 5.75 Å². The van der Waals surface area contributed by atoms with Crippen LogP contribution in [0.1, 0.15) is 37.7 Å². The van der Waals surface area contributed by atoms with E-state index in [1.54, 1.807) is 7.11 Å². The quantitative estimate of drug-likeness (QED) is 0.415. The third kappa shape index (κ3) is 5.35. The molecule has 1 unspecified atom stereocenters. The molecule has 0 saturated carbocycles. The second-order valence-electron chi connectivity index (χ2n) is 9.13. The maximum absolute atomic E-state index is 5.62. The Morgan fingerprint density at radius 3 is 2.64 bits per heavy atom. The number of methoxy groups -OCH3 is 1. The number of nitrogens with zero attached hydrogens (tertiary/aromatic N) is 4. The van der Waals surface area contributed by atoms with Crippen LogP contribution >= 0.6 is 22.6 Å². The number of halogens is 1. The number of nitrogens with one attached hydrogen (secondary N) is 1. The van der Waals surface area contributed by atoms with Gasteiger partial charge in [0.2, 0.25) is 5.95 Å². The molecule has 33 heavy (non-hydrogen) atoms. The smallest absolute Gasteiger partial charge is 0.227 e. The molecule has 0 amide bonds. The molecule has 1 atom stereocenters. The lowest BCUT2D eigenvalue weighted by Crippen LogP contribution is -2.41. The second kappa shape index (κ2) is 10.4. The molecule has 0 bridgehead atoms. The molecule has 6 nitrogen and oxygen atoms in total. The summed E-state index contributed by atoms with van der Waals surface area (Å²) >= 11 is 2.33. The predicted octanol–water partition coefficient (Wildman–Crippen LogP) is 5.31. The minimum atomic E-state index is 0.361. The molecule has 2 saturated heterocycles. The Balaban J connectivity index is 1.42. The van der Waals surface area contributed by atoms with E-state index in [1.165, 1.54) is 31.2 Å². The molecule has 0 spiro atoms. The molecule has 174 valence electrons. The molecule has 7 heteroatoms. The standard InChI is InChI=1S/C26H32IN5O/c1-33-24-15-21-23(16-22(24)27)29-26(32-13-6-3-7-14-32)30-25(21)28-20-11-8-12-31(18-20)17-19-9-4-2-5-10-19/h2,4-5,9-10,15-16,20H,3,6-8,11-14,17-18H2,1H3,(H,28,29,30). The summed E-state index contributed by atoms with van der Waals surface area (Å²) in [6, 6.07) is 15.3. The number of anilines is 2. The number of likely N-dealkylation sites (tertiary alicyclic amines) is 1. The maximum atomic E-state index is 5.62. The summed E-state index contributed by atoms with van der Waals surface area (Å²) in [5.41, 5.74) is 2.35. The predicted molar refractivity (Wildman–Crippen MR) is 143 cm³/mol. The van der Waals surface area contributed by atoms with Gasteiger partial charge in [-0.25, -0.2) is 4.98 Å². The van der Waals surface area contributed by atoms with Crippen molar-refractivity contribution in [2.24, 2.45) is 0 Å². The molecule has 0 radical (unpaired) electrons. The average molecular weight is 557 g/mol. The average Bonchev–Trinajstić information content (AvgIpc) is 2.85. The van der Waals surface area contributed by atoms with Crippen LogP contribution in [0.15, 0.2) is 42.5 Å². The van der Waals surface area contributed by atoms with Crippen molar-refractivity contribution in [3.05, 3.63) is 51.6 Å². The number of ether oxygens (including phenoxy) is 1. The van der Waals surface area contributed by atoms with Gasteiger partial charge in [-0.3, -0.25) is 4.90 Å². The lowest BCUT2D eigenvalue weighted by molar-refractivity contribution is 0.208. The van der Waals surface area contributed by atoms with Gasteiger partial charge in [0.25, 0.3) is 0 Å². The number of fused-ring (bicyclic) bond motifs is 1. The van der Waals surface area contributed by atoms with E-state index in [0.717, 1.165) is 71.1 Å². The van der Waals surface area contributed by atoms with Gasteiger partial charge in [0.1, 0.15) is 11.6 Å². The highest BCUT2D eigenvalue weighted by molar-refractivity contribution is 14.1. The highest BCUT2D eigenvalue weighted by Crippen LogP contribution is 2.33. The van der Waals surface area contributed by atoms with Crippen molar-refractivity contribution in [2.45, 2.75) is 44.7 Å². The van der Waals surface area contributed by atoms with Crippen molar-refractivity contribution in [1.82, 2.24) is 14.9 Å². The topological polar surface area (TPSA) is 53.5 Å². The third-order valence-corrected chi connectivity index (χ3v) is 7.53. The number of piperidine rings is 2. The summed E-state index contributed by atoms with van der Waals surface area (Å²) < 4.78 is 6.69. The normalized spacial score (nSPS) is 19.6. The van der Waals surface area contributed by atoms with E-state index in [2.05, 4.69) is 80.2 Å². The van der Waals surface area contributed by atoms with Gasteiger partial charge < -0.3 is 15.0 Å². The minimum absolute atomic E-state index is 0.361. The van der Waals surface area contributed by atoms with Gasteiger partial charge in [-0.2, -0.15) is 4.98 Å². The van der Waals surface area contributed by atoms with Crippen LogP contribution in [0.4, 0.5) is 11.8 Å². The monoisotopic (exact) mass is 557 g/mol. The number of aromatic nitrogens is 2. The zero-order chi connectivity index (χ0) is 22.6. The van der Waals surface area contributed by atoms with Gasteiger partial charge in [0, 0.05) is 37.6 Å². The first-order chi connectivity index (χ1) is 16.2. The first-order valence-corrected chi connectivity index (χ1v) is 13.1. The molecule has 1 N–H and O–H groups in total. The first kappa shape index (κ1) is 22.7. The molecular weight excluding hydrogens is 525 g/mol. The summed E-state index contributed by atoms with van der Waals surface area (Å²) in [6.07, 6.45) is 6.05. The van der Waals surface area contributed by atoms with Crippen LogP contribution in [0, 0.1) is 3.57 Å². The number of rotatable bonds is 6. The molecule has 0 aliphatic carbocycles. The Kier molecular flexibility index (Phi) is 7.16. The Bertz CT molecular complexity index is 1090. The number of hydrogen-bond donors (Lipinski definition) is 1. The zero-order valence-electron chi connectivity index (χ0n) is 19.3. The summed E-state index contributed by atoms with van der Waals surface area (Å²) in [5, 5.41) is 4.85. The molecule has 2 aromatic carbocycles. The summed E-state index contributed by atoms with van der Waals surface area (Å²) in [5.74, 6) is 2.65. The summed E-state index contributed by atoms with van der Waals surface area (Å²) in [7, 11) is 1.72. The lowest BCUT2D eigenvalue weighted by Gasteiger charge is -2.34. The molecule has 2 fully saturated rings. The van der Waals surface area contributed by atoms with Gasteiger partial charge in [0.15, 0.2) is 0 Å². The molecular formula is C26H32IN5O. The van der Waals surface area contributed by atoms with Crippen LogP contribution in [0.25, 0.3) is 10.9 Å². The fraction of sp³-hybridized carbons (Fsp3) is 0.462. The van der Waals surface area contributed by atoms with E-state index in [9.17, 15) is 0 Å². The number of hydrogen-bond acceptors (Lipinski definition) is 6. The van der Waals surface area contributed by atoms with Gasteiger partial charge in [-0.1, -0.05) is 30.3 Å². The summed E-state index contributed by atoms with van der Waals surface area (Å²) in [4.78, 5) is 14.9. The third-order valence-electron chi connectivity index (χ3n) is 6.69. The van der Waals surface area contributed by atoms with E-state index >= 15 is 0 Å². The highest BCUT2D eigenvalue weighted by Gasteiger charge is 2.23. The van der Waals surface area contributed by atoms with Crippen molar-refractivity contribution in [3.8, 4) is 5.75 Å². The van der Waals surface area contributed by atoms with Crippen LogP contribution in [-0.4, -0.2) is 54.2 Å². The van der Waals surface area contributed by atoms with Crippen LogP contribution in [-0.2, 0) is 6.54 Å². The number of benzene rings is 2. The SMILES string of the molecule is COc1cc2c(NC3CCCN(Cc4ccccc4)C3)nc(N3CCCCC3)nc2cc1I. The first-order valence-electron chi connectivity index (χ1n) is 12.0. The maximum Gasteiger partial charge on any atom is 0.227 e. The van der Waals surface area contributed by atoms with Crippen molar-refractivity contribution < 1.29 is 4.74 Å². The molecule has 2 aliphatic heterocycles. The largest absolute Gasteiger partial charge is 0.496 e. The Labute approximate surface area is 209 Å². The van der Waals surface area contributed by atoms with Crippen LogP contribution in [0.2, 0.25) is 0 Å². The highest BCUT2D eigenvalue weighted by atomic mass is 127. The van der Waals surface area contributed by atoms with E-state index in [4.69, 9.17) is 14.7 Å².